The molecule has 0 fully saturated rings. The molecule has 0 aliphatic rings. The van der Waals surface area contributed by atoms with Gasteiger partial charge in [-0.3, -0.25) is 9.59 Å². The van der Waals surface area contributed by atoms with Gasteiger partial charge in [0.05, 0.1) is 5.92 Å². The summed E-state index contributed by atoms with van der Waals surface area (Å²) in [4.78, 5) is 23.7. The molecule has 0 aromatic carbocycles. The quantitative estimate of drug-likeness (QED) is 0.676. The Morgan fingerprint density at radius 3 is 2.75 bits per heavy atom. The normalized spacial score (nSPS) is 12.4. The lowest BCUT2D eigenvalue weighted by Crippen LogP contribution is -2.14. The second-order valence-corrected chi connectivity index (χ2v) is 2.53. The van der Waals surface area contributed by atoms with E-state index in [1.807, 2.05) is 0 Å². The molecule has 0 spiro atoms. The molecule has 0 radical (unpaired) electrons. The van der Waals surface area contributed by atoms with Gasteiger partial charge in [0, 0.05) is 11.8 Å². The topological polar surface area (TPSA) is 70.2 Å². The van der Waals surface area contributed by atoms with Crippen LogP contribution >= 0.6 is 0 Å². The molecular weight excluding hydrogens is 158 g/mol. The fourth-order valence-corrected chi connectivity index (χ4v) is 0.850. The first-order chi connectivity index (χ1) is 5.61. The van der Waals surface area contributed by atoms with Crippen molar-refractivity contribution in [3.8, 4) is 0 Å². The summed E-state index contributed by atoms with van der Waals surface area (Å²) in [5.74, 6) is -1.62. The highest BCUT2D eigenvalue weighted by molar-refractivity contribution is 5.74. The minimum absolute atomic E-state index is 0.277. The van der Waals surface area contributed by atoms with Crippen LogP contribution in [0.1, 0.15) is 18.5 Å². The Kier molecular flexibility index (Phi) is 2.28. The Hall–Kier alpha value is -1.58. The number of aliphatic carboxylic acids is 1. The maximum atomic E-state index is 10.8. The molecule has 2 N–H and O–H groups in total. The van der Waals surface area contributed by atoms with Crippen molar-refractivity contribution >= 4 is 5.97 Å². The standard InChI is InChI=1S/C8H9NO3/c1-5(8(11)12)6-3-2-4-7(10)9-6/h2-5H,1H3,(H,9,10)(H,11,12). The lowest BCUT2D eigenvalue weighted by Gasteiger charge is -2.04. The molecule has 0 amide bonds. The Morgan fingerprint density at radius 1 is 1.58 bits per heavy atom. The molecule has 12 heavy (non-hydrogen) atoms. The summed E-state index contributed by atoms with van der Waals surface area (Å²) in [7, 11) is 0. The third-order valence-electron chi connectivity index (χ3n) is 1.63. The van der Waals surface area contributed by atoms with Crippen molar-refractivity contribution in [2.75, 3.05) is 0 Å². The Balaban J connectivity index is 3.03. The van der Waals surface area contributed by atoms with Gasteiger partial charge < -0.3 is 10.1 Å². The van der Waals surface area contributed by atoms with E-state index in [2.05, 4.69) is 4.98 Å². The zero-order valence-electron chi connectivity index (χ0n) is 6.57. The van der Waals surface area contributed by atoms with Gasteiger partial charge in [-0.15, -0.1) is 0 Å². The van der Waals surface area contributed by atoms with Gasteiger partial charge >= 0.3 is 5.97 Å². The molecule has 1 aromatic heterocycles. The Morgan fingerprint density at radius 2 is 2.25 bits per heavy atom. The van der Waals surface area contributed by atoms with E-state index in [4.69, 9.17) is 5.11 Å². The van der Waals surface area contributed by atoms with Crippen molar-refractivity contribution < 1.29 is 9.90 Å². The second-order valence-electron chi connectivity index (χ2n) is 2.53. The highest BCUT2D eigenvalue weighted by atomic mass is 16.4. The summed E-state index contributed by atoms with van der Waals surface area (Å²) in [5, 5.41) is 8.60. The number of H-pyrrole nitrogens is 1. The molecule has 1 aromatic rings. The van der Waals surface area contributed by atoms with Gasteiger partial charge in [0.25, 0.3) is 0 Å². The van der Waals surface area contributed by atoms with Crippen LogP contribution in [-0.2, 0) is 4.79 Å². The third kappa shape index (κ3) is 1.72. The van der Waals surface area contributed by atoms with Gasteiger partial charge in [-0.25, -0.2) is 0 Å². The van der Waals surface area contributed by atoms with Gasteiger partial charge in [0.2, 0.25) is 5.56 Å². The summed E-state index contributed by atoms with van der Waals surface area (Å²) in [6.07, 6.45) is 0. The zero-order chi connectivity index (χ0) is 9.14. The minimum atomic E-state index is -0.947. The van der Waals surface area contributed by atoms with Crippen molar-refractivity contribution in [2.24, 2.45) is 0 Å². The SMILES string of the molecule is CC(C(=O)O)c1cccc(=O)[nH]1. The van der Waals surface area contributed by atoms with Gasteiger partial charge in [0.15, 0.2) is 0 Å². The molecule has 4 nitrogen and oxygen atoms in total. The van der Waals surface area contributed by atoms with Crippen LogP contribution in [0.3, 0.4) is 0 Å². The van der Waals surface area contributed by atoms with Crippen LogP contribution in [0.4, 0.5) is 0 Å². The van der Waals surface area contributed by atoms with Gasteiger partial charge in [-0.2, -0.15) is 0 Å². The van der Waals surface area contributed by atoms with E-state index in [1.165, 1.54) is 19.1 Å². The highest BCUT2D eigenvalue weighted by Crippen LogP contribution is 2.09. The fourth-order valence-electron chi connectivity index (χ4n) is 0.850. The van der Waals surface area contributed by atoms with E-state index in [0.717, 1.165) is 0 Å². The van der Waals surface area contributed by atoms with Crippen LogP contribution in [0, 0.1) is 0 Å². The molecule has 1 atom stereocenters. The van der Waals surface area contributed by atoms with E-state index in [-0.39, 0.29) is 5.56 Å². The van der Waals surface area contributed by atoms with Crippen LogP contribution in [-0.4, -0.2) is 16.1 Å². The van der Waals surface area contributed by atoms with Crippen LogP contribution in [0.25, 0.3) is 0 Å². The molecule has 1 heterocycles. The van der Waals surface area contributed by atoms with E-state index in [0.29, 0.717) is 5.69 Å². The van der Waals surface area contributed by atoms with Crippen LogP contribution in [0.15, 0.2) is 23.0 Å². The minimum Gasteiger partial charge on any atom is -0.481 e. The number of aromatic nitrogens is 1. The Bertz CT molecular complexity index is 342. The lowest BCUT2D eigenvalue weighted by molar-refractivity contribution is -0.138. The van der Waals surface area contributed by atoms with E-state index in [9.17, 15) is 9.59 Å². The van der Waals surface area contributed by atoms with Crippen LogP contribution in [0.5, 0.6) is 0 Å². The van der Waals surface area contributed by atoms with Gasteiger partial charge in [-0.05, 0) is 13.0 Å². The number of carbonyl (C=O) groups is 1. The molecule has 1 rings (SSSR count). The van der Waals surface area contributed by atoms with Crippen molar-refractivity contribution in [1.82, 2.24) is 4.98 Å². The molecule has 0 bridgehead atoms. The summed E-state index contributed by atoms with van der Waals surface area (Å²) in [5.41, 5.74) is 0.149. The number of carboxylic acids is 1. The van der Waals surface area contributed by atoms with Gasteiger partial charge in [0.1, 0.15) is 0 Å². The molecule has 64 valence electrons. The monoisotopic (exact) mass is 167 g/mol. The number of hydrogen-bond donors (Lipinski definition) is 2. The molecule has 4 heteroatoms. The maximum absolute atomic E-state index is 10.8. The van der Waals surface area contributed by atoms with Crippen molar-refractivity contribution in [3.05, 3.63) is 34.2 Å². The highest BCUT2D eigenvalue weighted by Gasteiger charge is 2.13. The summed E-state index contributed by atoms with van der Waals surface area (Å²) in [6.45, 7) is 1.52. The number of hydrogen-bond acceptors (Lipinski definition) is 2. The lowest BCUT2D eigenvalue weighted by atomic mass is 10.1. The van der Waals surface area contributed by atoms with E-state index >= 15 is 0 Å². The zero-order valence-corrected chi connectivity index (χ0v) is 6.57. The molecule has 1 unspecified atom stereocenters. The summed E-state index contributed by atoms with van der Waals surface area (Å²) >= 11 is 0. The number of aromatic amines is 1. The molecule has 0 saturated carbocycles. The van der Waals surface area contributed by atoms with Crippen LogP contribution < -0.4 is 5.56 Å². The largest absolute Gasteiger partial charge is 0.481 e. The average molecular weight is 167 g/mol. The first kappa shape index (κ1) is 8.52. The third-order valence-corrected chi connectivity index (χ3v) is 1.63. The van der Waals surface area contributed by atoms with E-state index in [1.54, 1.807) is 6.07 Å². The van der Waals surface area contributed by atoms with Crippen molar-refractivity contribution in [3.63, 3.8) is 0 Å². The van der Waals surface area contributed by atoms with Crippen molar-refractivity contribution in [1.29, 1.82) is 0 Å². The molecule has 0 saturated heterocycles. The second kappa shape index (κ2) is 3.21. The predicted octanol–water partition coefficient (Wildman–Crippen LogP) is 0.563. The smallest absolute Gasteiger partial charge is 0.312 e. The Labute approximate surface area is 68.9 Å². The number of pyridine rings is 1. The molecular formula is C8H9NO3. The average Bonchev–Trinajstić information content (AvgIpc) is 2.03. The number of carboxylic acid groups (broad SMARTS) is 1. The number of nitrogens with one attached hydrogen (secondary N) is 1. The molecule has 0 aliphatic heterocycles. The summed E-state index contributed by atoms with van der Waals surface area (Å²) < 4.78 is 0. The van der Waals surface area contributed by atoms with E-state index < -0.39 is 11.9 Å². The first-order valence-corrected chi connectivity index (χ1v) is 3.53. The first-order valence-electron chi connectivity index (χ1n) is 3.53. The fraction of sp³-hybridized carbons (Fsp3) is 0.250. The molecule has 0 aliphatic carbocycles. The maximum Gasteiger partial charge on any atom is 0.312 e. The number of rotatable bonds is 2. The van der Waals surface area contributed by atoms with Gasteiger partial charge in [-0.1, -0.05) is 6.07 Å². The van der Waals surface area contributed by atoms with Crippen molar-refractivity contribution in [2.45, 2.75) is 12.8 Å². The van der Waals surface area contributed by atoms with Crippen LogP contribution in [0.2, 0.25) is 0 Å². The predicted molar refractivity (Wildman–Crippen MR) is 43.1 cm³/mol. The summed E-state index contributed by atoms with van der Waals surface area (Å²) in [6, 6.07) is 4.46.